The van der Waals surface area contributed by atoms with Crippen molar-refractivity contribution in [3.63, 3.8) is 0 Å². The standard InChI is InChI=1S/C14H23N5O2/c1-3-4-12-15-13(17-16-12)11-9-19(7-8-21-11)10-5-6-18(2)14(10)20/h10-11H,3-9H2,1-2H3,(H,15,16,17)/t10-,11-/m1/s1. The highest BCUT2D eigenvalue weighted by Gasteiger charge is 2.37. The number of hydrogen-bond acceptors (Lipinski definition) is 5. The lowest BCUT2D eigenvalue weighted by molar-refractivity contribution is -0.134. The number of carbonyl (C=O) groups excluding carboxylic acids is 1. The van der Waals surface area contributed by atoms with Crippen LogP contribution < -0.4 is 0 Å². The molecule has 3 rings (SSSR count). The number of aromatic amines is 1. The predicted octanol–water partition coefficient (Wildman–Crippen LogP) is 0.361. The molecule has 0 saturated carbocycles. The highest BCUT2D eigenvalue weighted by Crippen LogP contribution is 2.24. The van der Waals surface area contributed by atoms with Gasteiger partial charge in [-0.3, -0.25) is 14.8 Å². The molecule has 1 aromatic heterocycles. The quantitative estimate of drug-likeness (QED) is 0.867. The molecule has 0 bridgehead atoms. The minimum Gasteiger partial charge on any atom is -0.367 e. The van der Waals surface area contributed by atoms with Gasteiger partial charge in [0.1, 0.15) is 11.9 Å². The molecule has 2 saturated heterocycles. The molecular formula is C14H23N5O2. The van der Waals surface area contributed by atoms with Crippen LogP contribution in [0.25, 0.3) is 0 Å². The Morgan fingerprint density at radius 3 is 3.00 bits per heavy atom. The van der Waals surface area contributed by atoms with Crippen molar-refractivity contribution < 1.29 is 9.53 Å². The molecule has 7 heteroatoms. The van der Waals surface area contributed by atoms with Gasteiger partial charge in [0, 0.05) is 33.1 Å². The first-order valence-electron chi connectivity index (χ1n) is 7.71. The highest BCUT2D eigenvalue weighted by molar-refractivity contribution is 5.83. The molecule has 116 valence electrons. The Bertz CT molecular complexity index is 503. The molecule has 1 amide bonds. The first-order valence-corrected chi connectivity index (χ1v) is 7.71. The number of aromatic nitrogens is 3. The van der Waals surface area contributed by atoms with Gasteiger partial charge in [-0.2, -0.15) is 5.10 Å². The van der Waals surface area contributed by atoms with Gasteiger partial charge in [-0.1, -0.05) is 6.92 Å². The van der Waals surface area contributed by atoms with Crippen molar-refractivity contribution >= 4 is 5.91 Å². The summed E-state index contributed by atoms with van der Waals surface area (Å²) in [5.41, 5.74) is 0. The molecule has 2 aliphatic rings. The summed E-state index contributed by atoms with van der Waals surface area (Å²) in [5, 5.41) is 7.24. The number of likely N-dealkylation sites (tertiary alicyclic amines) is 1. The number of nitrogens with zero attached hydrogens (tertiary/aromatic N) is 4. The first kappa shape index (κ1) is 14.5. The Morgan fingerprint density at radius 2 is 2.29 bits per heavy atom. The number of carbonyl (C=O) groups is 1. The third kappa shape index (κ3) is 2.94. The van der Waals surface area contributed by atoms with E-state index in [1.807, 2.05) is 7.05 Å². The Labute approximate surface area is 124 Å². The second kappa shape index (κ2) is 6.11. The minimum absolute atomic E-state index is 0.00421. The van der Waals surface area contributed by atoms with Gasteiger partial charge in [-0.25, -0.2) is 4.98 Å². The molecular weight excluding hydrogens is 270 g/mol. The van der Waals surface area contributed by atoms with E-state index in [4.69, 9.17) is 4.74 Å². The molecule has 7 nitrogen and oxygen atoms in total. The van der Waals surface area contributed by atoms with Gasteiger partial charge >= 0.3 is 0 Å². The molecule has 2 fully saturated rings. The number of rotatable bonds is 4. The van der Waals surface area contributed by atoms with Crippen LogP contribution in [0.3, 0.4) is 0 Å². The lowest BCUT2D eigenvalue weighted by atomic mass is 10.1. The summed E-state index contributed by atoms with van der Waals surface area (Å²) in [4.78, 5) is 20.7. The summed E-state index contributed by atoms with van der Waals surface area (Å²) in [6.07, 6.45) is 2.70. The van der Waals surface area contributed by atoms with Crippen LogP contribution >= 0.6 is 0 Å². The average molecular weight is 293 g/mol. The molecule has 0 aromatic carbocycles. The fourth-order valence-electron chi connectivity index (χ4n) is 3.05. The van der Waals surface area contributed by atoms with Gasteiger partial charge in [-0.15, -0.1) is 0 Å². The second-order valence-electron chi connectivity index (χ2n) is 5.81. The third-order valence-corrected chi connectivity index (χ3v) is 4.26. The van der Waals surface area contributed by atoms with Crippen LogP contribution in [0, 0.1) is 0 Å². The lowest BCUT2D eigenvalue weighted by Gasteiger charge is -2.34. The van der Waals surface area contributed by atoms with E-state index in [0.717, 1.165) is 38.2 Å². The maximum Gasteiger partial charge on any atom is 0.239 e. The smallest absolute Gasteiger partial charge is 0.239 e. The van der Waals surface area contributed by atoms with E-state index < -0.39 is 0 Å². The van der Waals surface area contributed by atoms with Crippen molar-refractivity contribution in [1.82, 2.24) is 25.0 Å². The van der Waals surface area contributed by atoms with E-state index in [1.165, 1.54) is 0 Å². The van der Waals surface area contributed by atoms with Crippen molar-refractivity contribution in [1.29, 1.82) is 0 Å². The summed E-state index contributed by atoms with van der Waals surface area (Å²) in [7, 11) is 1.87. The Morgan fingerprint density at radius 1 is 1.43 bits per heavy atom. The maximum atomic E-state index is 12.1. The number of likely N-dealkylation sites (N-methyl/N-ethyl adjacent to an activating group) is 1. The zero-order valence-electron chi connectivity index (χ0n) is 12.7. The van der Waals surface area contributed by atoms with Crippen LogP contribution in [0.4, 0.5) is 0 Å². The number of nitrogens with one attached hydrogen (secondary N) is 1. The van der Waals surface area contributed by atoms with Crippen molar-refractivity contribution in [2.45, 2.75) is 38.3 Å². The molecule has 2 atom stereocenters. The number of ether oxygens (including phenoxy) is 1. The molecule has 3 heterocycles. The SMILES string of the molecule is CCCc1nc([C@H]2CN([C@@H]3CCN(C)C3=O)CCO2)n[nH]1. The number of amides is 1. The van der Waals surface area contributed by atoms with Crippen LogP contribution in [0.15, 0.2) is 0 Å². The van der Waals surface area contributed by atoms with Crippen LogP contribution in [0.2, 0.25) is 0 Å². The minimum atomic E-state index is -0.140. The molecule has 1 N–H and O–H groups in total. The number of aryl methyl sites for hydroxylation is 1. The summed E-state index contributed by atoms with van der Waals surface area (Å²) in [5.74, 6) is 1.84. The fourth-order valence-corrected chi connectivity index (χ4v) is 3.05. The van der Waals surface area contributed by atoms with E-state index in [1.54, 1.807) is 4.90 Å². The Hall–Kier alpha value is -1.47. The number of hydrogen-bond donors (Lipinski definition) is 1. The topological polar surface area (TPSA) is 74.3 Å². The summed E-state index contributed by atoms with van der Waals surface area (Å²) >= 11 is 0. The van der Waals surface area contributed by atoms with Gasteiger partial charge in [-0.05, 0) is 12.8 Å². The molecule has 21 heavy (non-hydrogen) atoms. The van der Waals surface area contributed by atoms with E-state index in [0.29, 0.717) is 19.0 Å². The predicted molar refractivity (Wildman–Crippen MR) is 76.7 cm³/mol. The zero-order chi connectivity index (χ0) is 14.8. The van der Waals surface area contributed by atoms with Crippen molar-refractivity contribution in [3.05, 3.63) is 11.6 Å². The van der Waals surface area contributed by atoms with Gasteiger partial charge in [0.15, 0.2) is 5.82 Å². The largest absolute Gasteiger partial charge is 0.367 e. The van der Waals surface area contributed by atoms with Crippen LogP contribution in [0.1, 0.15) is 37.5 Å². The van der Waals surface area contributed by atoms with Crippen LogP contribution in [-0.2, 0) is 16.0 Å². The van der Waals surface area contributed by atoms with Crippen LogP contribution in [0.5, 0.6) is 0 Å². The lowest BCUT2D eigenvalue weighted by Crippen LogP contribution is -2.48. The average Bonchev–Trinajstić information content (AvgIpc) is 3.08. The molecule has 0 unspecified atom stereocenters. The van der Waals surface area contributed by atoms with Crippen LogP contribution in [-0.4, -0.2) is 70.2 Å². The monoisotopic (exact) mass is 293 g/mol. The highest BCUT2D eigenvalue weighted by atomic mass is 16.5. The van der Waals surface area contributed by atoms with Crippen molar-refractivity contribution in [3.8, 4) is 0 Å². The van der Waals surface area contributed by atoms with Gasteiger partial charge < -0.3 is 9.64 Å². The molecule has 2 aliphatic heterocycles. The number of morpholine rings is 1. The van der Waals surface area contributed by atoms with E-state index >= 15 is 0 Å². The summed E-state index contributed by atoms with van der Waals surface area (Å²) in [6, 6.07) is -0.00421. The van der Waals surface area contributed by atoms with E-state index in [2.05, 4.69) is 27.0 Å². The third-order valence-electron chi connectivity index (χ3n) is 4.26. The van der Waals surface area contributed by atoms with E-state index in [9.17, 15) is 4.79 Å². The molecule has 0 radical (unpaired) electrons. The summed E-state index contributed by atoms with van der Waals surface area (Å²) in [6.45, 7) is 5.06. The van der Waals surface area contributed by atoms with Crippen molar-refractivity contribution in [2.24, 2.45) is 0 Å². The normalized spacial score (nSPS) is 27.5. The van der Waals surface area contributed by atoms with Gasteiger partial charge in [0.05, 0.1) is 12.6 Å². The number of H-pyrrole nitrogens is 1. The van der Waals surface area contributed by atoms with Gasteiger partial charge in [0.2, 0.25) is 5.91 Å². The Kier molecular flexibility index (Phi) is 4.21. The van der Waals surface area contributed by atoms with Crippen molar-refractivity contribution in [2.75, 3.05) is 33.3 Å². The Balaban J connectivity index is 1.66. The second-order valence-corrected chi connectivity index (χ2v) is 5.81. The first-order chi connectivity index (χ1) is 10.2. The maximum absolute atomic E-state index is 12.1. The molecule has 0 aliphatic carbocycles. The molecule has 0 spiro atoms. The fraction of sp³-hybridized carbons (Fsp3) is 0.786. The van der Waals surface area contributed by atoms with Gasteiger partial charge in [0.25, 0.3) is 0 Å². The zero-order valence-corrected chi connectivity index (χ0v) is 12.7. The summed E-state index contributed by atoms with van der Waals surface area (Å²) < 4.78 is 5.80. The van der Waals surface area contributed by atoms with E-state index in [-0.39, 0.29) is 18.1 Å². The molecule has 1 aromatic rings.